The number of rotatable bonds is 3. The number of alkyl halides is 1. The highest BCUT2D eigenvalue weighted by atomic mass is 79.9. The number of nitrogens with zero attached hydrogens (tertiary/aromatic N) is 2. The molecule has 0 aromatic carbocycles. The van der Waals surface area contributed by atoms with E-state index in [1.165, 1.54) is 11.9 Å². The van der Waals surface area contributed by atoms with E-state index in [-0.39, 0.29) is 12.5 Å². The van der Waals surface area contributed by atoms with Crippen molar-refractivity contribution in [1.29, 1.82) is 0 Å². The van der Waals surface area contributed by atoms with Crippen molar-refractivity contribution in [1.82, 2.24) is 9.80 Å². The minimum Gasteiger partial charge on any atom is -0.459 e. The summed E-state index contributed by atoms with van der Waals surface area (Å²) in [6, 6.07) is -1.12. The van der Waals surface area contributed by atoms with Crippen LogP contribution in [0.3, 0.4) is 0 Å². The van der Waals surface area contributed by atoms with Gasteiger partial charge in [0.15, 0.2) is 0 Å². The molecule has 0 bridgehead atoms. The molecule has 1 aliphatic heterocycles. The highest BCUT2D eigenvalue weighted by Crippen LogP contribution is 2.18. The van der Waals surface area contributed by atoms with Gasteiger partial charge in [0.2, 0.25) is 0 Å². The molecular formula is C11H17BrN2O4. The van der Waals surface area contributed by atoms with Crippen LogP contribution in [0.15, 0.2) is 0 Å². The van der Waals surface area contributed by atoms with Crippen LogP contribution in [0.5, 0.6) is 0 Å². The monoisotopic (exact) mass is 320 g/mol. The van der Waals surface area contributed by atoms with Crippen molar-refractivity contribution >= 4 is 33.8 Å². The molecule has 1 heterocycles. The first-order valence-electron chi connectivity index (χ1n) is 5.53. The van der Waals surface area contributed by atoms with Crippen molar-refractivity contribution in [2.24, 2.45) is 0 Å². The Hall–Kier alpha value is -1.11. The van der Waals surface area contributed by atoms with E-state index in [1.807, 2.05) is 0 Å². The van der Waals surface area contributed by atoms with Gasteiger partial charge in [-0.2, -0.15) is 0 Å². The minimum atomic E-state index is -0.644. The van der Waals surface area contributed by atoms with Crippen LogP contribution in [-0.4, -0.2) is 58.3 Å². The van der Waals surface area contributed by atoms with Gasteiger partial charge in [0, 0.05) is 12.4 Å². The number of hydrogen-bond donors (Lipinski definition) is 0. The molecule has 1 rings (SSSR count). The van der Waals surface area contributed by atoms with Gasteiger partial charge in [0.25, 0.3) is 5.91 Å². The van der Waals surface area contributed by atoms with Gasteiger partial charge in [-0.3, -0.25) is 14.5 Å². The van der Waals surface area contributed by atoms with E-state index in [1.54, 1.807) is 20.8 Å². The maximum atomic E-state index is 11.8. The van der Waals surface area contributed by atoms with Gasteiger partial charge < -0.3 is 9.64 Å². The lowest BCUT2D eigenvalue weighted by atomic mass is 10.2. The van der Waals surface area contributed by atoms with E-state index < -0.39 is 23.6 Å². The lowest BCUT2D eigenvalue weighted by Gasteiger charge is -2.23. The SMILES string of the molecule is CN1C(=O)C(CBr)N(CC(=O)OC(C)(C)C)C1=O. The predicted octanol–water partition coefficient (Wildman–Crippen LogP) is 0.986. The molecule has 0 N–H and O–H groups in total. The zero-order valence-electron chi connectivity index (χ0n) is 10.9. The summed E-state index contributed by atoms with van der Waals surface area (Å²) in [7, 11) is 1.40. The second kappa shape index (κ2) is 5.26. The molecule has 7 heteroatoms. The number of amides is 3. The fraction of sp³-hybridized carbons (Fsp3) is 0.727. The summed E-state index contributed by atoms with van der Waals surface area (Å²) in [5.74, 6) is -0.842. The summed E-state index contributed by atoms with van der Waals surface area (Å²) < 4.78 is 5.13. The second-order valence-corrected chi connectivity index (χ2v) is 5.71. The maximum Gasteiger partial charge on any atom is 0.327 e. The number of imide groups is 1. The Balaban J connectivity index is 2.74. The highest BCUT2D eigenvalue weighted by molar-refractivity contribution is 9.09. The molecule has 1 atom stereocenters. The van der Waals surface area contributed by atoms with E-state index >= 15 is 0 Å². The number of halogens is 1. The number of ether oxygens (including phenoxy) is 1. The number of carbonyl (C=O) groups excluding carboxylic acids is 3. The number of carbonyl (C=O) groups is 3. The Labute approximate surface area is 114 Å². The number of hydrogen-bond acceptors (Lipinski definition) is 4. The van der Waals surface area contributed by atoms with Crippen LogP contribution in [0.2, 0.25) is 0 Å². The van der Waals surface area contributed by atoms with Gasteiger partial charge in [-0.15, -0.1) is 0 Å². The van der Waals surface area contributed by atoms with Crippen LogP contribution in [-0.2, 0) is 14.3 Å². The third-order valence-electron chi connectivity index (χ3n) is 2.39. The Morgan fingerprint density at radius 1 is 1.39 bits per heavy atom. The van der Waals surface area contributed by atoms with Crippen molar-refractivity contribution < 1.29 is 19.1 Å². The lowest BCUT2D eigenvalue weighted by molar-refractivity contribution is -0.155. The first-order chi connectivity index (χ1) is 8.17. The normalized spacial score (nSPS) is 20.6. The Kier molecular flexibility index (Phi) is 4.37. The molecule has 0 aromatic rings. The van der Waals surface area contributed by atoms with E-state index in [9.17, 15) is 14.4 Å². The Bertz CT molecular complexity index is 378. The van der Waals surface area contributed by atoms with E-state index in [0.29, 0.717) is 5.33 Å². The van der Waals surface area contributed by atoms with Crippen LogP contribution < -0.4 is 0 Å². The predicted molar refractivity (Wildman–Crippen MR) is 68.3 cm³/mol. The quantitative estimate of drug-likeness (QED) is 0.442. The third-order valence-corrected chi connectivity index (χ3v) is 3.00. The molecule has 0 saturated carbocycles. The van der Waals surface area contributed by atoms with Gasteiger partial charge in [-0.1, -0.05) is 15.9 Å². The van der Waals surface area contributed by atoms with Crippen molar-refractivity contribution in [3.8, 4) is 0 Å². The standard InChI is InChI=1S/C11H17BrN2O4/c1-11(2,3)18-8(15)6-14-7(5-12)9(16)13(4)10(14)17/h7H,5-6H2,1-4H3. The van der Waals surface area contributed by atoms with Crippen LogP contribution in [0.25, 0.3) is 0 Å². The number of likely N-dealkylation sites (N-methyl/N-ethyl adjacent to an activating group) is 1. The summed E-state index contributed by atoms with van der Waals surface area (Å²) in [5.41, 5.74) is -0.611. The molecule has 1 fully saturated rings. The smallest absolute Gasteiger partial charge is 0.327 e. The maximum absolute atomic E-state index is 11.8. The molecule has 0 aliphatic carbocycles. The number of urea groups is 1. The molecule has 6 nitrogen and oxygen atoms in total. The summed E-state index contributed by atoms with van der Waals surface area (Å²) >= 11 is 3.17. The van der Waals surface area contributed by atoms with E-state index in [4.69, 9.17) is 4.74 Å². The fourth-order valence-electron chi connectivity index (χ4n) is 1.62. The molecule has 0 radical (unpaired) electrons. The highest BCUT2D eigenvalue weighted by Gasteiger charge is 2.43. The lowest BCUT2D eigenvalue weighted by Crippen LogP contribution is -2.42. The molecule has 3 amide bonds. The largest absolute Gasteiger partial charge is 0.459 e. The molecule has 1 saturated heterocycles. The summed E-state index contributed by atoms with van der Waals surface area (Å²) in [6.07, 6.45) is 0. The molecule has 18 heavy (non-hydrogen) atoms. The molecule has 102 valence electrons. The van der Waals surface area contributed by atoms with Crippen LogP contribution in [0.1, 0.15) is 20.8 Å². The van der Waals surface area contributed by atoms with E-state index in [0.717, 1.165) is 4.90 Å². The summed E-state index contributed by atoms with van der Waals surface area (Å²) in [6.45, 7) is 5.02. The van der Waals surface area contributed by atoms with Crippen LogP contribution >= 0.6 is 15.9 Å². The first kappa shape index (κ1) is 14.9. The molecule has 1 unspecified atom stereocenters. The molecule has 1 aliphatic rings. The van der Waals surface area contributed by atoms with Gasteiger partial charge in [0.1, 0.15) is 18.2 Å². The zero-order chi connectivity index (χ0) is 14.1. The number of esters is 1. The third kappa shape index (κ3) is 3.22. The van der Waals surface area contributed by atoms with Crippen molar-refractivity contribution in [3.05, 3.63) is 0 Å². The molecule has 0 spiro atoms. The Morgan fingerprint density at radius 3 is 2.39 bits per heavy atom. The molecule has 0 aromatic heterocycles. The topological polar surface area (TPSA) is 66.9 Å². The van der Waals surface area contributed by atoms with Gasteiger partial charge in [0.05, 0.1) is 0 Å². The minimum absolute atomic E-state index is 0.220. The van der Waals surface area contributed by atoms with Crippen molar-refractivity contribution in [3.63, 3.8) is 0 Å². The van der Waals surface area contributed by atoms with Gasteiger partial charge in [-0.05, 0) is 20.8 Å². The van der Waals surface area contributed by atoms with Gasteiger partial charge >= 0.3 is 12.0 Å². The average Bonchev–Trinajstić information content (AvgIpc) is 2.41. The van der Waals surface area contributed by atoms with E-state index in [2.05, 4.69) is 15.9 Å². The van der Waals surface area contributed by atoms with Crippen molar-refractivity contribution in [2.45, 2.75) is 32.4 Å². The molecular weight excluding hydrogens is 304 g/mol. The first-order valence-corrected chi connectivity index (χ1v) is 6.65. The Morgan fingerprint density at radius 2 is 1.94 bits per heavy atom. The second-order valence-electron chi connectivity index (χ2n) is 5.06. The van der Waals surface area contributed by atoms with Gasteiger partial charge in [-0.25, -0.2) is 4.79 Å². The van der Waals surface area contributed by atoms with Crippen LogP contribution in [0.4, 0.5) is 4.79 Å². The average molecular weight is 321 g/mol. The zero-order valence-corrected chi connectivity index (χ0v) is 12.5. The van der Waals surface area contributed by atoms with Crippen LogP contribution in [0, 0.1) is 0 Å². The fourth-order valence-corrected chi connectivity index (χ4v) is 2.24. The summed E-state index contributed by atoms with van der Waals surface area (Å²) in [4.78, 5) is 37.4. The van der Waals surface area contributed by atoms with Crippen molar-refractivity contribution in [2.75, 3.05) is 18.9 Å². The summed E-state index contributed by atoms with van der Waals surface area (Å²) in [5, 5.41) is 0.296.